The predicted molar refractivity (Wildman–Crippen MR) is 139 cm³/mol. The maximum Gasteiger partial charge on any atom is 0.338 e. The zero-order chi connectivity index (χ0) is 24.4. The molecule has 0 aliphatic carbocycles. The fourth-order valence-corrected chi connectivity index (χ4v) is 5.21. The Hall–Kier alpha value is -3.64. The van der Waals surface area contributed by atoms with Gasteiger partial charge in [0.1, 0.15) is 5.75 Å². The van der Waals surface area contributed by atoms with E-state index < -0.39 is 0 Å². The van der Waals surface area contributed by atoms with Crippen molar-refractivity contribution < 1.29 is 14.3 Å². The van der Waals surface area contributed by atoms with Crippen molar-refractivity contribution in [3.05, 3.63) is 72.7 Å². The molecule has 2 unspecified atom stereocenters. The van der Waals surface area contributed by atoms with Crippen molar-refractivity contribution >= 4 is 16.9 Å². The molecule has 5 rings (SSSR count). The normalized spacial score (nSPS) is 16.7. The first kappa shape index (κ1) is 23.1. The van der Waals surface area contributed by atoms with Gasteiger partial charge in [-0.1, -0.05) is 18.2 Å². The number of ether oxygens (including phenoxy) is 2. The number of carbonyl (C=O) groups is 1. The Morgan fingerprint density at radius 2 is 1.91 bits per heavy atom. The van der Waals surface area contributed by atoms with Crippen molar-refractivity contribution in [1.29, 1.82) is 0 Å². The van der Waals surface area contributed by atoms with Crippen LogP contribution in [0, 0.1) is 5.92 Å². The maximum absolute atomic E-state index is 12.8. The summed E-state index contributed by atoms with van der Waals surface area (Å²) in [5.74, 6) is 0.987. The van der Waals surface area contributed by atoms with Gasteiger partial charge in [-0.15, -0.1) is 0 Å². The van der Waals surface area contributed by atoms with Crippen molar-refractivity contribution in [3.63, 3.8) is 0 Å². The number of aromatic nitrogens is 2. The molecule has 1 aliphatic heterocycles. The molecule has 180 valence electrons. The highest BCUT2D eigenvalue weighted by molar-refractivity contribution is 6.10. The first-order chi connectivity index (χ1) is 17.1. The number of fused-ring (bicyclic) bond motifs is 1. The van der Waals surface area contributed by atoms with Crippen LogP contribution in [0.3, 0.4) is 0 Å². The molecule has 2 atom stereocenters. The number of piperidine rings is 1. The van der Waals surface area contributed by atoms with E-state index in [1.54, 1.807) is 7.11 Å². The number of nitrogens with one attached hydrogen (secondary N) is 1. The second-order valence-electron chi connectivity index (χ2n) is 9.18. The Bertz CT molecular complexity index is 1350. The smallest absolute Gasteiger partial charge is 0.338 e. The molecule has 6 heteroatoms. The predicted octanol–water partition coefficient (Wildman–Crippen LogP) is 5.73. The number of carbonyl (C=O) groups excluding carboxylic acids is 1. The minimum atomic E-state index is -0.335. The number of hydrogen-bond donors (Lipinski definition) is 1. The van der Waals surface area contributed by atoms with Crippen LogP contribution in [0.2, 0.25) is 0 Å². The van der Waals surface area contributed by atoms with Gasteiger partial charge >= 0.3 is 5.97 Å². The summed E-state index contributed by atoms with van der Waals surface area (Å²) in [4.78, 5) is 17.3. The average Bonchev–Trinajstić information content (AvgIpc) is 3.32. The molecule has 3 heterocycles. The number of methoxy groups -OCH3 is 2. The molecule has 0 bridgehead atoms. The molecule has 0 saturated carbocycles. The Labute approximate surface area is 205 Å². The average molecular weight is 470 g/mol. The summed E-state index contributed by atoms with van der Waals surface area (Å²) < 4.78 is 12.9. The lowest BCUT2D eigenvalue weighted by Gasteiger charge is -2.30. The van der Waals surface area contributed by atoms with Gasteiger partial charge < -0.3 is 19.4 Å². The molecule has 2 aromatic carbocycles. The van der Waals surface area contributed by atoms with Crippen LogP contribution in [-0.2, 0) is 4.74 Å². The summed E-state index contributed by atoms with van der Waals surface area (Å²) in [6.07, 6.45) is 8.27. The van der Waals surface area contributed by atoms with E-state index >= 15 is 0 Å². The Morgan fingerprint density at radius 1 is 1.09 bits per heavy atom. The topological polar surface area (TPSA) is 65.4 Å². The molecule has 1 N–H and O–H groups in total. The second kappa shape index (κ2) is 9.92. The Kier molecular flexibility index (Phi) is 6.55. The minimum absolute atomic E-state index is 0.279. The van der Waals surface area contributed by atoms with Crippen molar-refractivity contribution in [2.24, 2.45) is 5.92 Å². The van der Waals surface area contributed by atoms with Crippen molar-refractivity contribution in [2.45, 2.75) is 25.8 Å². The number of pyridine rings is 1. The van der Waals surface area contributed by atoms with E-state index in [0.29, 0.717) is 11.5 Å². The van der Waals surface area contributed by atoms with Crippen LogP contribution < -0.4 is 10.1 Å². The van der Waals surface area contributed by atoms with Gasteiger partial charge in [-0.25, -0.2) is 4.79 Å². The Balaban J connectivity index is 1.67. The fraction of sp³-hybridized carbons (Fsp3) is 0.310. The van der Waals surface area contributed by atoms with Gasteiger partial charge in [0.15, 0.2) is 0 Å². The first-order valence-corrected chi connectivity index (χ1v) is 12.1. The van der Waals surface area contributed by atoms with Crippen LogP contribution in [0.4, 0.5) is 0 Å². The zero-order valence-electron chi connectivity index (χ0n) is 20.5. The van der Waals surface area contributed by atoms with Crippen LogP contribution >= 0.6 is 0 Å². The van der Waals surface area contributed by atoms with E-state index in [1.165, 1.54) is 20.0 Å². The quantitative estimate of drug-likeness (QED) is 0.366. The summed E-state index contributed by atoms with van der Waals surface area (Å²) in [7, 11) is 3.10. The molecule has 6 nitrogen and oxygen atoms in total. The molecule has 1 aliphatic rings. The summed E-state index contributed by atoms with van der Waals surface area (Å²) >= 11 is 0. The summed E-state index contributed by atoms with van der Waals surface area (Å²) in [6, 6.07) is 16.2. The van der Waals surface area contributed by atoms with Crippen molar-refractivity contribution in [2.75, 3.05) is 27.3 Å². The largest absolute Gasteiger partial charge is 0.497 e. The van der Waals surface area contributed by atoms with E-state index in [-0.39, 0.29) is 12.0 Å². The van der Waals surface area contributed by atoms with E-state index in [2.05, 4.69) is 40.1 Å². The number of esters is 1. The highest BCUT2D eigenvalue weighted by Crippen LogP contribution is 2.38. The van der Waals surface area contributed by atoms with E-state index in [4.69, 9.17) is 9.47 Å². The monoisotopic (exact) mass is 469 g/mol. The molecule has 0 radical (unpaired) electrons. The van der Waals surface area contributed by atoms with Crippen molar-refractivity contribution in [3.8, 4) is 28.0 Å². The maximum atomic E-state index is 12.8. The summed E-state index contributed by atoms with van der Waals surface area (Å²) in [5.41, 5.74) is 5.56. The molecule has 4 aromatic rings. The van der Waals surface area contributed by atoms with Crippen LogP contribution in [0.15, 0.2) is 67.1 Å². The van der Waals surface area contributed by atoms with Gasteiger partial charge in [0.05, 0.1) is 19.8 Å². The third-order valence-corrected chi connectivity index (χ3v) is 7.17. The summed E-state index contributed by atoms with van der Waals surface area (Å²) in [5, 5.41) is 4.44. The van der Waals surface area contributed by atoms with Crippen LogP contribution in [0.5, 0.6) is 5.75 Å². The van der Waals surface area contributed by atoms with Gasteiger partial charge in [0.2, 0.25) is 0 Å². The number of nitrogens with zero attached hydrogens (tertiary/aromatic N) is 2. The van der Waals surface area contributed by atoms with Gasteiger partial charge in [0.25, 0.3) is 0 Å². The van der Waals surface area contributed by atoms with Gasteiger partial charge in [-0.05, 0) is 74.7 Å². The molecular formula is C29H31N3O3. The van der Waals surface area contributed by atoms with E-state index in [0.717, 1.165) is 52.0 Å². The molecule has 35 heavy (non-hydrogen) atoms. The van der Waals surface area contributed by atoms with Crippen LogP contribution in [-0.4, -0.2) is 42.8 Å². The summed E-state index contributed by atoms with van der Waals surface area (Å²) in [6.45, 7) is 4.35. The lowest BCUT2D eigenvalue weighted by atomic mass is 9.92. The minimum Gasteiger partial charge on any atom is -0.497 e. The lowest BCUT2D eigenvalue weighted by molar-refractivity contribution is 0.0603. The fourth-order valence-electron chi connectivity index (χ4n) is 5.21. The first-order valence-electron chi connectivity index (χ1n) is 12.1. The molecule has 0 spiro atoms. The van der Waals surface area contributed by atoms with Crippen LogP contribution in [0.25, 0.3) is 33.2 Å². The molecular weight excluding hydrogens is 438 g/mol. The molecule has 1 fully saturated rings. The number of hydrogen-bond acceptors (Lipinski definition) is 5. The van der Waals surface area contributed by atoms with Gasteiger partial charge in [-0.2, -0.15) is 0 Å². The lowest BCUT2D eigenvalue weighted by Crippen LogP contribution is -2.34. The van der Waals surface area contributed by atoms with Gasteiger partial charge in [0, 0.05) is 52.2 Å². The second-order valence-corrected chi connectivity index (χ2v) is 9.18. The van der Waals surface area contributed by atoms with Crippen molar-refractivity contribution in [1.82, 2.24) is 14.9 Å². The molecule has 0 amide bonds. The zero-order valence-corrected chi connectivity index (χ0v) is 20.5. The third-order valence-electron chi connectivity index (χ3n) is 7.17. The standard InChI is InChI=1S/C29H31N3O3/c1-19(21-8-6-12-30-15-21)32-18-26(28-25(29(33)35-3)10-5-11-27(28)32)23-13-22(16-31-17-23)20-7-4-9-24(14-20)34-2/h4-5,7,9-11,13-14,16-19,21,30H,6,8,12,15H2,1-3H3. The SMILES string of the molecule is COC(=O)c1cccc2c1c(-c1cncc(-c3cccc(OC)c3)c1)cn2C(C)C1CCCNC1. The van der Waals surface area contributed by atoms with Crippen LogP contribution in [0.1, 0.15) is 36.2 Å². The highest BCUT2D eigenvalue weighted by Gasteiger charge is 2.26. The Morgan fingerprint density at radius 3 is 2.69 bits per heavy atom. The third kappa shape index (κ3) is 4.42. The highest BCUT2D eigenvalue weighted by atomic mass is 16.5. The van der Waals surface area contributed by atoms with Gasteiger partial charge in [-0.3, -0.25) is 4.98 Å². The number of benzene rings is 2. The molecule has 1 saturated heterocycles. The van der Waals surface area contributed by atoms with E-state index in [9.17, 15) is 4.79 Å². The number of rotatable bonds is 6. The van der Waals surface area contributed by atoms with E-state index in [1.807, 2.05) is 48.8 Å². The molecule has 2 aromatic heterocycles.